The van der Waals surface area contributed by atoms with E-state index in [4.69, 9.17) is 10.8 Å². The molecular weight excluding hydrogens is 252 g/mol. The van der Waals surface area contributed by atoms with Gasteiger partial charge in [0.1, 0.15) is 0 Å². The van der Waals surface area contributed by atoms with Gasteiger partial charge in [0.15, 0.2) is 0 Å². The van der Waals surface area contributed by atoms with E-state index in [1.807, 2.05) is 24.1 Å². The molecule has 2 aromatic rings. The van der Waals surface area contributed by atoms with Gasteiger partial charge < -0.3 is 15.7 Å². The number of hydrogen-bond acceptors (Lipinski definition) is 3. The van der Waals surface area contributed by atoms with Crippen LogP contribution in [0.5, 0.6) is 0 Å². The molecule has 0 spiro atoms. The van der Waals surface area contributed by atoms with Crippen LogP contribution in [0, 0.1) is 0 Å². The van der Waals surface area contributed by atoms with E-state index in [-0.39, 0.29) is 5.56 Å². The summed E-state index contributed by atoms with van der Waals surface area (Å²) in [4.78, 5) is 12.9. The summed E-state index contributed by atoms with van der Waals surface area (Å²) in [6.45, 7) is 2.11. The highest BCUT2D eigenvalue weighted by molar-refractivity contribution is 5.91. The molecule has 0 saturated carbocycles. The van der Waals surface area contributed by atoms with Crippen molar-refractivity contribution in [2.75, 3.05) is 17.7 Å². The van der Waals surface area contributed by atoms with Crippen LogP contribution < -0.4 is 10.6 Å². The number of nitrogen functional groups attached to an aromatic ring is 1. The van der Waals surface area contributed by atoms with Gasteiger partial charge in [-0.15, -0.1) is 0 Å². The van der Waals surface area contributed by atoms with E-state index in [0.717, 1.165) is 17.8 Å². The molecule has 0 atom stereocenters. The SMILES string of the molecule is CCc1ccc(N(C)c2ccc(C(=O)O)cc2N)cc1. The number of nitrogens with zero attached hydrogens (tertiary/aromatic N) is 1. The van der Waals surface area contributed by atoms with Crippen molar-refractivity contribution >= 4 is 23.0 Å². The molecule has 0 fully saturated rings. The molecule has 2 aromatic carbocycles. The van der Waals surface area contributed by atoms with Gasteiger partial charge in [-0.3, -0.25) is 0 Å². The number of carboxylic acid groups (broad SMARTS) is 1. The van der Waals surface area contributed by atoms with E-state index < -0.39 is 5.97 Å². The Kier molecular flexibility index (Phi) is 3.94. The maximum Gasteiger partial charge on any atom is 0.335 e. The first kappa shape index (κ1) is 13.9. The fourth-order valence-electron chi connectivity index (χ4n) is 2.09. The highest BCUT2D eigenvalue weighted by atomic mass is 16.4. The average Bonchev–Trinajstić information content (AvgIpc) is 2.46. The predicted octanol–water partition coefficient (Wildman–Crippen LogP) is 3.30. The number of aryl methyl sites for hydroxylation is 1. The predicted molar refractivity (Wildman–Crippen MR) is 81.7 cm³/mol. The molecule has 4 heteroatoms. The second-order valence-electron chi connectivity index (χ2n) is 4.66. The summed E-state index contributed by atoms with van der Waals surface area (Å²) in [6.07, 6.45) is 0.999. The Balaban J connectivity index is 2.32. The topological polar surface area (TPSA) is 66.6 Å². The van der Waals surface area contributed by atoms with Gasteiger partial charge in [-0.1, -0.05) is 19.1 Å². The van der Waals surface area contributed by atoms with E-state index in [0.29, 0.717) is 5.69 Å². The highest BCUT2D eigenvalue weighted by Gasteiger charge is 2.10. The van der Waals surface area contributed by atoms with Crippen LogP contribution in [-0.4, -0.2) is 18.1 Å². The fourth-order valence-corrected chi connectivity index (χ4v) is 2.09. The molecule has 0 unspecified atom stereocenters. The van der Waals surface area contributed by atoms with Crippen LogP contribution in [0.4, 0.5) is 17.1 Å². The molecule has 0 amide bonds. The zero-order valence-corrected chi connectivity index (χ0v) is 11.6. The summed E-state index contributed by atoms with van der Waals surface area (Å²) < 4.78 is 0. The van der Waals surface area contributed by atoms with Crippen LogP contribution in [-0.2, 0) is 6.42 Å². The molecule has 0 aliphatic rings. The van der Waals surface area contributed by atoms with E-state index in [9.17, 15) is 4.79 Å². The van der Waals surface area contributed by atoms with Crippen LogP contribution in [0.1, 0.15) is 22.8 Å². The molecule has 3 N–H and O–H groups in total. The Hall–Kier alpha value is -2.49. The summed E-state index contributed by atoms with van der Waals surface area (Å²) in [5, 5.41) is 8.94. The van der Waals surface area contributed by atoms with E-state index in [1.165, 1.54) is 11.6 Å². The Morgan fingerprint density at radius 1 is 1.20 bits per heavy atom. The number of benzene rings is 2. The zero-order valence-electron chi connectivity index (χ0n) is 11.6. The van der Waals surface area contributed by atoms with Gasteiger partial charge in [0.25, 0.3) is 0 Å². The molecule has 0 heterocycles. The number of nitrogens with two attached hydrogens (primary N) is 1. The van der Waals surface area contributed by atoms with Gasteiger partial charge >= 0.3 is 5.97 Å². The van der Waals surface area contributed by atoms with Crippen molar-refractivity contribution in [3.05, 3.63) is 53.6 Å². The lowest BCUT2D eigenvalue weighted by Gasteiger charge is -2.21. The van der Waals surface area contributed by atoms with E-state index in [1.54, 1.807) is 12.1 Å². The average molecular weight is 270 g/mol. The third-order valence-electron chi connectivity index (χ3n) is 3.37. The van der Waals surface area contributed by atoms with Gasteiger partial charge in [0.2, 0.25) is 0 Å². The van der Waals surface area contributed by atoms with Crippen molar-refractivity contribution in [1.82, 2.24) is 0 Å². The fraction of sp³-hybridized carbons (Fsp3) is 0.188. The van der Waals surface area contributed by atoms with Crippen LogP contribution in [0.2, 0.25) is 0 Å². The highest BCUT2D eigenvalue weighted by Crippen LogP contribution is 2.29. The second-order valence-corrected chi connectivity index (χ2v) is 4.66. The van der Waals surface area contributed by atoms with Gasteiger partial charge in [0, 0.05) is 12.7 Å². The molecule has 0 aliphatic carbocycles. The Bertz CT molecular complexity index is 621. The van der Waals surface area contributed by atoms with Crippen molar-refractivity contribution in [2.45, 2.75) is 13.3 Å². The third-order valence-corrected chi connectivity index (χ3v) is 3.37. The first-order chi connectivity index (χ1) is 9.52. The third kappa shape index (κ3) is 2.74. The smallest absolute Gasteiger partial charge is 0.335 e. The molecule has 0 aliphatic heterocycles. The molecule has 4 nitrogen and oxygen atoms in total. The van der Waals surface area contributed by atoms with Crippen molar-refractivity contribution in [3.63, 3.8) is 0 Å². The molecule has 2 rings (SSSR count). The number of carbonyl (C=O) groups is 1. The maximum atomic E-state index is 10.9. The number of aromatic carboxylic acids is 1. The van der Waals surface area contributed by atoms with Gasteiger partial charge in [0.05, 0.1) is 16.9 Å². The monoisotopic (exact) mass is 270 g/mol. The summed E-state index contributed by atoms with van der Waals surface area (Å²) in [5.74, 6) is -0.974. The molecular formula is C16H18N2O2. The van der Waals surface area contributed by atoms with Crippen molar-refractivity contribution in [2.24, 2.45) is 0 Å². The first-order valence-electron chi connectivity index (χ1n) is 6.48. The van der Waals surface area contributed by atoms with Gasteiger partial charge in [-0.2, -0.15) is 0 Å². The minimum atomic E-state index is -0.974. The van der Waals surface area contributed by atoms with Gasteiger partial charge in [-0.25, -0.2) is 4.79 Å². The first-order valence-corrected chi connectivity index (χ1v) is 6.48. The quantitative estimate of drug-likeness (QED) is 0.836. The van der Waals surface area contributed by atoms with E-state index >= 15 is 0 Å². The number of carboxylic acids is 1. The van der Waals surface area contributed by atoms with E-state index in [2.05, 4.69) is 19.1 Å². The molecule has 0 saturated heterocycles. The number of anilines is 3. The maximum absolute atomic E-state index is 10.9. The normalized spacial score (nSPS) is 10.3. The van der Waals surface area contributed by atoms with Crippen LogP contribution >= 0.6 is 0 Å². The second kappa shape index (κ2) is 5.65. The van der Waals surface area contributed by atoms with Crippen LogP contribution in [0.3, 0.4) is 0 Å². The summed E-state index contributed by atoms with van der Waals surface area (Å²) in [6, 6.07) is 13.0. The van der Waals surface area contributed by atoms with Crippen LogP contribution in [0.25, 0.3) is 0 Å². The van der Waals surface area contributed by atoms with Gasteiger partial charge in [-0.05, 0) is 42.3 Å². The summed E-state index contributed by atoms with van der Waals surface area (Å²) >= 11 is 0. The largest absolute Gasteiger partial charge is 0.478 e. The number of hydrogen-bond donors (Lipinski definition) is 2. The molecule has 0 aromatic heterocycles. The molecule has 104 valence electrons. The minimum Gasteiger partial charge on any atom is -0.478 e. The summed E-state index contributed by atoms with van der Waals surface area (Å²) in [7, 11) is 1.91. The van der Waals surface area contributed by atoms with Crippen molar-refractivity contribution in [3.8, 4) is 0 Å². The standard InChI is InChI=1S/C16H18N2O2/c1-3-11-4-7-13(8-5-11)18(2)15-9-6-12(16(19)20)10-14(15)17/h4-10H,3,17H2,1-2H3,(H,19,20). The minimum absolute atomic E-state index is 0.195. The zero-order chi connectivity index (χ0) is 14.7. The number of rotatable bonds is 4. The Morgan fingerprint density at radius 2 is 1.85 bits per heavy atom. The molecule has 20 heavy (non-hydrogen) atoms. The lowest BCUT2D eigenvalue weighted by atomic mass is 10.1. The summed E-state index contributed by atoms with van der Waals surface area (Å²) in [5.41, 5.74) is 9.67. The molecule has 0 bridgehead atoms. The lowest BCUT2D eigenvalue weighted by molar-refractivity contribution is 0.0697. The van der Waals surface area contributed by atoms with Crippen LogP contribution in [0.15, 0.2) is 42.5 Å². The Labute approximate surface area is 118 Å². The van der Waals surface area contributed by atoms with Crippen molar-refractivity contribution in [1.29, 1.82) is 0 Å². The molecule has 0 radical (unpaired) electrons. The van der Waals surface area contributed by atoms with Crippen molar-refractivity contribution < 1.29 is 9.90 Å². The lowest BCUT2D eigenvalue weighted by Crippen LogP contribution is -2.12. The Morgan fingerprint density at radius 3 is 2.35 bits per heavy atom.